The second-order valence-electron chi connectivity index (χ2n) is 7.89. The van der Waals surface area contributed by atoms with Gasteiger partial charge in [0.05, 0.1) is 12.8 Å². The van der Waals surface area contributed by atoms with Crippen LogP contribution in [0.2, 0.25) is 0 Å². The number of rotatable bonds is 11. The van der Waals surface area contributed by atoms with Gasteiger partial charge in [0.15, 0.2) is 18.1 Å². The summed E-state index contributed by atoms with van der Waals surface area (Å²) in [6.07, 6.45) is 1.55. The third-order valence-electron chi connectivity index (χ3n) is 5.24. The smallest absolute Gasteiger partial charge is 0.277 e. The predicted octanol–water partition coefficient (Wildman–Crippen LogP) is 5.86. The monoisotopic (exact) mass is 480 g/mol. The first-order chi connectivity index (χ1) is 17.7. The summed E-state index contributed by atoms with van der Waals surface area (Å²) in [4.78, 5) is 12.1. The van der Waals surface area contributed by atoms with Gasteiger partial charge < -0.3 is 14.2 Å². The van der Waals surface area contributed by atoms with Crippen molar-refractivity contribution in [2.24, 2.45) is 5.10 Å². The van der Waals surface area contributed by atoms with E-state index in [2.05, 4.69) is 10.5 Å². The maximum absolute atomic E-state index is 12.1. The summed E-state index contributed by atoms with van der Waals surface area (Å²) in [5.41, 5.74) is 6.53. The van der Waals surface area contributed by atoms with Gasteiger partial charge in [-0.05, 0) is 59.5 Å². The van der Waals surface area contributed by atoms with E-state index < -0.39 is 0 Å². The zero-order chi connectivity index (χ0) is 25.0. The SMILES string of the molecule is CCOc1cc(/C=N\NC(=O)COc2ccc(-c3ccccc3)cc2)ccc1OCc1ccccc1. The standard InChI is InChI=1S/C30H28N2O4/c1-2-34-29-19-24(13-18-28(29)36-21-23-9-5-3-6-10-23)20-31-32-30(33)22-35-27-16-14-26(15-17-27)25-11-7-4-8-12-25/h3-20H,2,21-22H2,1H3,(H,32,33)/b31-20-. The Morgan fingerprint density at radius 1 is 0.778 bits per heavy atom. The average Bonchev–Trinajstić information content (AvgIpc) is 2.93. The van der Waals surface area contributed by atoms with Crippen LogP contribution in [0.25, 0.3) is 11.1 Å². The van der Waals surface area contributed by atoms with Crippen molar-refractivity contribution >= 4 is 12.1 Å². The van der Waals surface area contributed by atoms with Crippen LogP contribution in [0.5, 0.6) is 17.2 Å². The summed E-state index contributed by atoms with van der Waals surface area (Å²) in [5.74, 6) is 1.52. The molecule has 0 saturated heterocycles. The number of nitrogens with one attached hydrogen (secondary N) is 1. The average molecular weight is 481 g/mol. The first-order valence-corrected chi connectivity index (χ1v) is 11.7. The van der Waals surface area contributed by atoms with Gasteiger partial charge in [-0.25, -0.2) is 5.43 Å². The van der Waals surface area contributed by atoms with Crippen molar-refractivity contribution in [3.8, 4) is 28.4 Å². The molecule has 6 nitrogen and oxygen atoms in total. The Kier molecular flexibility index (Phi) is 8.70. The highest BCUT2D eigenvalue weighted by atomic mass is 16.5. The summed E-state index contributed by atoms with van der Waals surface area (Å²) >= 11 is 0. The Bertz CT molecular complexity index is 1270. The highest BCUT2D eigenvalue weighted by Crippen LogP contribution is 2.29. The zero-order valence-electron chi connectivity index (χ0n) is 20.1. The predicted molar refractivity (Wildman–Crippen MR) is 141 cm³/mol. The van der Waals surface area contributed by atoms with Crippen LogP contribution in [0.15, 0.2) is 108 Å². The van der Waals surface area contributed by atoms with Crippen molar-refractivity contribution < 1.29 is 19.0 Å². The van der Waals surface area contributed by atoms with E-state index >= 15 is 0 Å². The van der Waals surface area contributed by atoms with E-state index in [1.54, 1.807) is 6.21 Å². The molecule has 0 spiro atoms. The fraction of sp³-hybridized carbons (Fsp3) is 0.133. The van der Waals surface area contributed by atoms with Gasteiger partial charge in [0, 0.05) is 0 Å². The van der Waals surface area contributed by atoms with E-state index in [-0.39, 0.29) is 12.5 Å². The molecule has 182 valence electrons. The molecule has 4 aromatic rings. The highest BCUT2D eigenvalue weighted by Gasteiger charge is 2.07. The molecule has 0 aromatic heterocycles. The van der Waals surface area contributed by atoms with Gasteiger partial charge >= 0.3 is 0 Å². The molecule has 0 saturated carbocycles. The molecule has 0 aliphatic heterocycles. The van der Waals surface area contributed by atoms with Gasteiger partial charge in [-0.2, -0.15) is 5.10 Å². The minimum Gasteiger partial charge on any atom is -0.490 e. The number of hydrogen-bond donors (Lipinski definition) is 1. The largest absolute Gasteiger partial charge is 0.490 e. The zero-order valence-corrected chi connectivity index (χ0v) is 20.1. The summed E-state index contributed by atoms with van der Waals surface area (Å²) in [5, 5.41) is 4.03. The Labute approximate surface area is 211 Å². The minimum absolute atomic E-state index is 0.140. The normalized spacial score (nSPS) is 10.7. The van der Waals surface area contributed by atoms with E-state index in [9.17, 15) is 4.79 Å². The van der Waals surface area contributed by atoms with Crippen molar-refractivity contribution in [2.75, 3.05) is 13.2 Å². The third kappa shape index (κ3) is 7.21. The van der Waals surface area contributed by atoms with Gasteiger partial charge in [0.1, 0.15) is 12.4 Å². The van der Waals surface area contributed by atoms with E-state index in [4.69, 9.17) is 14.2 Å². The highest BCUT2D eigenvalue weighted by molar-refractivity contribution is 5.83. The number of benzene rings is 4. The molecule has 0 atom stereocenters. The lowest BCUT2D eigenvalue weighted by Crippen LogP contribution is -2.24. The molecule has 36 heavy (non-hydrogen) atoms. The maximum Gasteiger partial charge on any atom is 0.277 e. The second kappa shape index (κ2) is 12.8. The number of amides is 1. The number of ether oxygens (including phenoxy) is 3. The fourth-order valence-electron chi connectivity index (χ4n) is 3.46. The number of carbonyl (C=O) groups excluding carboxylic acids is 1. The van der Waals surface area contributed by atoms with Gasteiger partial charge in [-0.3, -0.25) is 4.79 Å². The number of nitrogens with zero attached hydrogens (tertiary/aromatic N) is 1. The van der Waals surface area contributed by atoms with Crippen LogP contribution in [-0.2, 0) is 11.4 Å². The Hall–Kier alpha value is -4.58. The molecule has 4 rings (SSSR count). The molecule has 0 radical (unpaired) electrons. The van der Waals surface area contributed by atoms with Crippen LogP contribution in [0.4, 0.5) is 0 Å². The lowest BCUT2D eigenvalue weighted by atomic mass is 10.1. The van der Waals surface area contributed by atoms with E-state index in [0.29, 0.717) is 30.5 Å². The first-order valence-electron chi connectivity index (χ1n) is 11.7. The van der Waals surface area contributed by atoms with Crippen molar-refractivity contribution in [1.82, 2.24) is 5.43 Å². The van der Waals surface area contributed by atoms with Crippen LogP contribution >= 0.6 is 0 Å². The molecule has 0 aliphatic carbocycles. The number of hydrazone groups is 1. The van der Waals surface area contributed by atoms with Crippen molar-refractivity contribution in [3.63, 3.8) is 0 Å². The van der Waals surface area contributed by atoms with Gasteiger partial charge in [-0.15, -0.1) is 0 Å². The minimum atomic E-state index is -0.355. The van der Waals surface area contributed by atoms with Crippen molar-refractivity contribution in [2.45, 2.75) is 13.5 Å². The summed E-state index contributed by atoms with van der Waals surface area (Å²) in [6.45, 7) is 2.72. The molecule has 0 heterocycles. The lowest BCUT2D eigenvalue weighted by Gasteiger charge is -2.12. The van der Waals surface area contributed by atoms with E-state index in [0.717, 1.165) is 22.3 Å². The van der Waals surface area contributed by atoms with Crippen LogP contribution in [-0.4, -0.2) is 25.3 Å². The molecule has 6 heteroatoms. The van der Waals surface area contributed by atoms with Crippen molar-refractivity contribution in [3.05, 3.63) is 114 Å². The van der Waals surface area contributed by atoms with E-state index in [1.165, 1.54) is 0 Å². The molecule has 0 fully saturated rings. The number of hydrogen-bond acceptors (Lipinski definition) is 5. The van der Waals surface area contributed by atoms with Crippen LogP contribution in [0, 0.1) is 0 Å². The molecule has 4 aromatic carbocycles. The van der Waals surface area contributed by atoms with Crippen LogP contribution in [0.1, 0.15) is 18.1 Å². The molecular weight excluding hydrogens is 452 g/mol. The molecule has 1 N–H and O–H groups in total. The summed E-state index contributed by atoms with van der Waals surface area (Å²) in [6, 6.07) is 33.1. The van der Waals surface area contributed by atoms with Gasteiger partial charge in [-0.1, -0.05) is 72.8 Å². The number of carbonyl (C=O) groups is 1. The Morgan fingerprint density at radius 2 is 1.47 bits per heavy atom. The van der Waals surface area contributed by atoms with Crippen molar-refractivity contribution in [1.29, 1.82) is 0 Å². The fourth-order valence-corrected chi connectivity index (χ4v) is 3.46. The summed E-state index contributed by atoms with van der Waals surface area (Å²) < 4.78 is 17.2. The topological polar surface area (TPSA) is 69.2 Å². The quantitative estimate of drug-likeness (QED) is 0.216. The van der Waals surface area contributed by atoms with E-state index in [1.807, 2.05) is 110 Å². The Balaban J connectivity index is 1.27. The molecule has 0 bridgehead atoms. The van der Waals surface area contributed by atoms with Crippen LogP contribution in [0.3, 0.4) is 0 Å². The molecule has 0 unspecified atom stereocenters. The second-order valence-corrected chi connectivity index (χ2v) is 7.89. The van der Waals surface area contributed by atoms with Gasteiger partial charge in [0.2, 0.25) is 0 Å². The third-order valence-corrected chi connectivity index (χ3v) is 5.24. The first kappa shape index (κ1) is 24.5. The molecule has 1 amide bonds. The Morgan fingerprint density at radius 3 is 2.19 bits per heavy atom. The maximum atomic E-state index is 12.1. The molecular formula is C30H28N2O4. The summed E-state index contributed by atoms with van der Waals surface area (Å²) in [7, 11) is 0. The van der Waals surface area contributed by atoms with Gasteiger partial charge in [0.25, 0.3) is 5.91 Å². The van der Waals surface area contributed by atoms with Crippen LogP contribution < -0.4 is 19.6 Å². The lowest BCUT2D eigenvalue weighted by molar-refractivity contribution is -0.123. The molecule has 0 aliphatic rings.